The molecule has 0 aliphatic carbocycles. The molecule has 52 heavy (non-hydrogen) atoms. The molecule has 0 amide bonds. The standard InChI is InChI=1S/C29H51NO22/c30-4-2-1-3-5-45-26-18(40)14(36)21(10(7-32)47-26)49-28-19(41)15(37)22(11(8-33)48-28)50-29-20(42)16(38)23(24(52-29)25(43)44)51-27-17(39)13(35)12(34)9(6-31)46-27/h9-24,26-29,31-42H,1-8,30H2,(H,43,44)/t9?,10?,11?,12-,13-,14+,15?,16?,17?,18?,19?,20-,21+,22+,23-,24?,26-,27+,28-,29+/m0/s1. The molecule has 4 saturated heterocycles. The van der Waals surface area contributed by atoms with Crippen LogP contribution in [0.4, 0.5) is 0 Å². The molecule has 0 radical (unpaired) electrons. The van der Waals surface area contributed by atoms with Crippen molar-refractivity contribution in [3.63, 3.8) is 0 Å². The van der Waals surface area contributed by atoms with E-state index in [1.165, 1.54) is 0 Å². The van der Waals surface area contributed by atoms with E-state index in [4.69, 9.17) is 43.6 Å². The van der Waals surface area contributed by atoms with Crippen LogP contribution in [0.25, 0.3) is 0 Å². The van der Waals surface area contributed by atoms with E-state index in [-0.39, 0.29) is 6.61 Å². The fourth-order valence-corrected chi connectivity index (χ4v) is 6.26. The van der Waals surface area contributed by atoms with Crippen LogP contribution in [0.15, 0.2) is 0 Å². The third-order valence-electron chi connectivity index (χ3n) is 9.28. The highest BCUT2D eigenvalue weighted by Gasteiger charge is 2.56. The molecule has 23 heteroatoms. The Morgan fingerprint density at radius 1 is 0.500 bits per heavy atom. The number of aliphatic carboxylic acids is 1. The molecule has 4 aliphatic rings. The minimum absolute atomic E-state index is 0.143. The number of carboxylic acids is 1. The zero-order valence-corrected chi connectivity index (χ0v) is 27.8. The van der Waals surface area contributed by atoms with Gasteiger partial charge in [-0.25, -0.2) is 4.79 Å². The lowest BCUT2D eigenvalue weighted by Gasteiger charge is -2.48. The van der Waals surface area contributed by atoms with Crippen molar-refractivity contribution in [2.75, 3.05) is 33.0 Å². The summed E-state index contributed by atoms with van der Waals surface area (Å²) in [7, 11) is 0. The fraction of sp³-hybridized carbons (Fsp3) is 0.966. The van der Waals surface area contributed by atoms with Crippen molar-refractivity contribution >= 4 is 5.97 Å². The van der Waals surface area contributed by atoms with Crippen molar-refractivity contribution < 1.29 is 109 Å². The Hall–Kier alpha value is -1.37. The van der Waals surface area contributed by atoms with Crippen molar-refractivity contribution in [2.45, 2.75) is 142 Å². The predicted octanol–water partition coefficient (Wildman–Crippen LogP) is -8.50. The Morgan fingerprint density at radius 2 is 0.923 bits per heavy atom. The smallest absolute Gasteiger partial charge is 0.335 e. The summed E-state index contributed by atoms with van der Waals surface area (Å²) < 4.78 is 43.7. The fourth-order valence-electron chi connectivity index (χ4n) is 6.26. The van der Waals surface area contributed by atoms with Crippen molar-refractivity contribution in [1.82, 2.24) is 0 Å². The number of nitrogens with two attached hydrogens (primary N) is 1. The van der Waals surface area contributed by atoms with Gasteiger partial charge in [-0.3, -0.25) is 0 Å². The first-order valence-electron chi connectivity index (χ1n) is 16.8. The normalized spacial score (nSPS) is 47.3. The van der Waals surface area contributed by atoms with Crippen LogP contribution in [0.2, 0.25) is 0 Å². The lowest BCUT2D eigenvalue weighted by atomic mass is 9.95. The van der Waals surface area contributed by atoms with E-state index < -0.39 is 149 Å². The highest BCUT2D eigenvalue weighted by atomic mass is 16.8. The topological polar surface area (TPSA) is 380 Å². The molecule has 9 unspecified atom stereocenters. The van der Waals surface area contributed by atoms with Crippen LogP contribution in [0.5, 0.6) is 0 Å². The van der Waals surface area contributed by atoms with Crippen LogP contribution >= 0.6 is 0 Å². The van der Waals surface area contributed by atoms with Gasteiger partial charge in [0.2, 0.25) is 0 Å². The summed E-state index contributed by atoms with van der Waals surface area (Å²) in [6.07, 6.45) is -34.9. The van der Waals surface area contributed by atoms with Crippen molar-refractivity contribution in [2.24, 2.45) is 5.73 Å². The second kappa shape index (κ2) is 19.5. The first-order chi connectivity index (χ1) is 24.7. The van der Waals surface area contributed by atoms with Gasteiger partial charge >= 0.3 is 5.97 Å². The van der Waals surface area contributed by atoms with Gasteiger partial charge in [0.15, 0.2) is 31.3 Å². The predicted molar refractivity (Wildman–Crippen MR) is 161 cm³/mol. The Morgan fingerprint density at radius 3 is 1.42 bits per heavy atom. The van der Waals surface area contributed by atoms with Gasteiger partial charge in [-0.2, -0.15) is 0 Å². The molecule has 0 saturated carbocycles. The van der Waals surface area contributed by atoms with E-state index >= 15 is 0 Å². The molecule has 4 heterocycles. The van der Waals surface area contributed by atoms with Gasteiger partial charge in [0.05, 0.1) is 19.8 Å². The van der Waals surface area contributed by atoms with E-state index in [1.807, 2.05) is 0 Å². The molecule has 0 aromatic carbocycles. The van der Waals surface area contributed by atoms with Gasteiger partial charge in [0, 0.05) is 6.61 Å². The quantitative estimate of drug-likeness (QED) is 0.0649. The molecular weight excluding hydrogens is 714 g/mol. The summed E-state index contributed by atoms with van der Waals surface area (Å²) in [5.74, 6) is -1.80. The average Bonchev–Trinajstić information content (AvgIpc) is 3.13. The Kier molecular flexibility index (Phi) is 16.2. The molecule has 4 rings (SSSR count). The molecule has 4 fully saturated rings. The molecule has 0 spiro atoms. The number of carbonyl (C=O) groups is 1. The van der Waals surface area contributed by atoms with Crippen LogP contribution in [0, 0.1) is 0 Å². The molecule has 23 nitrogen and oxygen atoms in total. The van der Waals surface area contributed by atoms with Crippen LogP contribution in [0.3, 0.4) is 0 Å². The maximum Gasteiger partial charge on any atom is 0.335 e. The minimum Gasteiger partial charge on any atom is -0.479 e. The Labute approximate surface area is 296 Å². The molecule has 304 valence electrons. The van der Waals surface area contributed by atoms with E-state index in [0.29, 0.717) is 13.0 Å². The Bertz CT molecular complexity index is 1090. The summed E-state index contributed by atoms with van der Waals surface area (Å²) in [5.41, 5.74) is 5.46. The summed E-state index contributed by atoms with van der Waals surface area (Å²) in [6.45, 7) is -1.94. The lowest BCUT2D eigenvalue weighted by molar-refractivity contribution is -0.385. The van der Waals surface area contributed by atoms with E-state index in [9.17, 15) is 71.2 Å². The molecule has 0 aromatic heterocycles. The number of aliphatic hydroxyl groups excluding tert-OH is 12. The highest BCUT2D eigenvalue weighted by molar-refractivity contribution is 5.73. The SMILES string of the molecule is NCCCCCO[C@H]1OC(CO)[C@@H](O[C@@H]2OC(CO)[C@@H](O[C@@H]3OC(C(=O)O)[C@@H](O[C@H]4OC(CO)[C@H](O)[C@H](O)C4O)C(O)[C@@H]3O)C(O)C2O)[C@H](O)C1O. The van der Waals surface area contributed by atoms with Crippen LogP contribution in [-0.2, 0) is 42.7 Å². The van der Waals surface area contributed by atoms with Crippen LogP contribution < -0.4 is 5.73 Å². The van der Waals surface area contributed by atoms with Crippen molar-refractivity contribution in [3.8, 4) is 0 Å². The van der Waals surface area contributed by atoms with Crippen molar-refractivity contribution in [1.29, 1.82) is 0 Å². The zero-order valence-electron chi connectivity index (χ0n) is 27.8. The average molecular weight is 766 g/mol. The highest BCUT2D eigenvalue weighted by Crippen LogP contribution is 2.34. The van der Waals surface area contributed by atoms with Crippen molar-refractivity contribution in [3.05, 3.63) is 0 Å². The number of ether oxygens (including phenoxy) is 8. The number of hydrogen-bond acceptors (Lipinski definition) is 22. The maximum absolute atomic E-state index is 12.2. The first kappa shape index (κ1) is 43.4. The number of rotatable bonds is 16. The summed E-state index contributed by atoms with van der Waals surface area (Å²) in [4.78, 5) is 12.2. The van der Waals surface area contributed by atoms with E-state index in [2.05, 4.69) is 0 Å². The molecule has 15 N–H and O–H groups in total. The van der Waals surface area contributed by atoms with E-state index in [0.717, 1.165) is 12.8 Å². The molecule has 0 bridgehead atoms. The van der Waals surface area contributed by atoms with Crippen LogP contribution in [0.1, 0.15) is 19.3 Å². The van der Waals surface area contributed by atoms with Crippen LogP contribution in [-0.4, -0.2) is 228 Å². The summed E-state index contributed by atoms with van der Waals surface area (Å²) >= 11 is 0. The number of carboxylic acid groups (broad SMARTS) is 1. The molecule has 20 atom stereocenters. The van der Waals surface area contributed by atoms with Gasteiger partial charge in [0.25, 0.3) is 0 Å². The third kappa shape index (κ3) is 9.52. The van der Waals surface area contributed by atoms with Gasteiger partial charge in [0.1, 0.15) is 91.6 Å². The second-order valence-electron chi connectivity index (χ2n) is 12.9. The first-order valence-corrected chi connectivity index (χ1v) is 16.8. The number of aliphatic hydroxyl groups is 12. The second-order valence-corrected chi connectivity index (χ2v) is 12.9. The summed E-state index contributed by atoms with van der Waals surface area (Å²) in [5, 5.41) is 135. The van der Waals surface area contributed by atoms with Gasteiger partial charge in [-0.1, -0.05) is 0 Å². The van der Waals surface area contributed by atoms with Gasteiger partial charge < -0.3 is 110 Å². The largest absolute Gasteiger partial charge is 0.479 e. The molecular formula is C29H51NO22. The zero-order chi connectivity index (χ0) is 38.4. The Balaban J connectivity index is 1.41. The maximum atomic E-state index is 12.2. The third-order valence-corrected chi connectivity index (χ3v) is 9.28. The number of unbranched alkanes of at least 4 members (excludes halogenated alkanes) is 2. The van der Waals surface area contributed by atoms with E-state index in [1.54, 1.807) is 0 Å². The minimum atomic E-state index is -2.20. The monoisotopic (exact) mass is 765 g/mol. The summed E-state index contributed by atoms with van der Waals surface area (Å²) in [6, 6.07) is 0. The molecule has 4 aliphatic heterocycles. The lowest BCUT2D eigenvalue weighted by Crippen LogP contribution is -2.68. The molecule has 0 aromatic rings. The number of hydrogen-bond donors (Lipinski definition) is 14. The van der Waals surface area contributed by atoms with Gasteiger partial charge in [-0.15, -0.1) is 0 Å². The van der Waals surface area contributed by atoms with Gasteiger partial charge in [-0.05, 0) is 25.8 Å².